The number of carbonyl (C=O) groups excluding carboxylic acids is 1. The lowest BCUT2D eigenvalue weighted by Crippen LogP contribution is -2.41. The van der Waals surface area contributed by atoms with Crippen molar-refractivity contribution in [1.29, 1.82) is 0 Å². The van der Waals surface area contributed by atoms with Crippen molar-refractivity contribution in [3.05, 3.63) is 71.8 Å². The molecule has 3 heteroatoms. The molecule has 2 aromatic rings. The Hall–Kier alpha value is -2.13. The van der Waals surface area contributed by atoms with Crippen LogP contribution in [-0.2, 0) is 22.6 Å². The van der Waals surface area contributed by atoms with Gasteiger partial charge in [-0.15, -0.1) is 0 Å². The van der Waals surface area contributed by atoms with Gasteiger partial charge < -0.3 is 4.74 Å². The van der Waals surface area contributed by atoms with E-state index < -0.39 is 0 Å². The maximum Gasteiger partial charge on any atom is 0.323 e. The summed E-state index contributed by atoms with van der Waals surface area (Å²) in [6, 6.07) is 20.3. The Kier molecular flexibility index (Phi) is 6.82. The summed E-state index contributed by atoms with van der Waals surface area (Å²) >= 11 is 0. The first-order valence-electron chi connectivity index (χ1n) is 8.14. The zero-order chi connectivity index (χ0) is 16.5. The second-order valence-electron chi connectivity index (χ2n) is 5.70. The van der Waals surface area contributed by atoms with Gasteiger partial charge >= 0.3 is 5.97 Å². The lowest BCUT2D eigenvalue weighted by atomic mass is 10.1. The lowest BCUT2D eigenvalue weighted by molar-refractivity contribution is -0.147. The third-order valence-corrected chi connectivity index (χ3v) is 3.93. The number of hydrogen-bond donors (Lipinski definition) is 0. The largest absolute Gasteiger partial charge is 0.468 e. The van der Waals surface area contributed by atoms with Gasteiger partial charge in [-0.25, -0.2) is 0 Å². The number of esters is 1. The smallest absolute Gasteiger partial charge is 0.323 e. The molecule has 2 rings (SSSR count). The number of nitrogens with zero attached hydrogens (tertiary/aromatic N) is 1. The first-order chi connectivity index (χ1) is 11.2. The second-order valence-corrected chi connectivity index (χ2v) is 5.70. The Morgan fingerprint density at radius 3 is 1.83 bits per heavy atom. The first kappa shape index (κ1) is 17.2. The molecular formula is C20H25NO2. The molecule has 0 radical (unpaired) electrons. The molecule has 1 unspecified atom stereocenters. The molecule has 0 spiro atoms. The maximum atomic E-state index is 12.3. The van der Waals surface area contributed by atoms with Crippen molar-refractivity contribution in [3.63, 3.8) is 0 Å². The fraction of sp³-hybridized carbons (Fsp3) is 0.350. The summed E-state index contributed by atoms with van der Waals surface area (Å²) in [7, 11) is 1.47. The fourth-order valence-corrected chi connectivity index (χ4v) is 2.77. The predicted molar refractivity (Wildman–Crippen MR) is 92.8 cm³/mol. The molecule has 3 nitrogen and oxygen atoms in total. The van der Waals surface area contributed by atoms with Crippen LogP contribution in [0.4, 0.5) is 0 Å². The van der Waals surface area contributed by atoms with Crippen LogP contribution in [0, 0.1) is 0 Å². The summed E-state index contributed by atoms with van der Waals surface area (Å²) in [6.07, 6.45) is 1.74. The molecule has 0 aliphatic heterocycles. The molecule has 1 atom stereocenters. The molecule has 0 fully saturated rings. The number of ether oxygens (including phenoxy) is 1. The van der Waals surface area contributed by atoms with Gasteiger partial charge in [-0.1, -0.05) is 74.0 Å². The SMILES string of the molecule is CCCC(C(=O)OC)N(Cc1ccccc1)Cc1ccccc1. The van der Waals surface area contributed by atoms with Crippen molar-refractivity contribution in [2.75, 3.05) is 7.11 Å². The van der Waals surface area contributed by atoms with Crippen LogP contribution < -0.4 is 0 Å². The number of rotatable bonds is 8. The highest BCUT2D eigenvalue weighted by Crippen LogP contribution is 2.17. The number of methoxy groups -OCH3 is 1. The molecule has 2 aromatic carbocycles. The fourth-order valence-electron chi connectivity index (χ4n) is 2.77. The van der Waals surface area contributed by atoms with E-state index in [1.165, 1.54) is 18.2 Å². The molecule has 0 aliphatic carbocycles. The molecule has 0 saturated carbocycles. The summed E-state index contributed by atoms with van der Waals surface area (Å²) in [5.41, 5.74) is 2.40. The summed E-state index contributed by atoms with van der Waals surface area (Å²) in [5.74, 6) is -0.154. The van der Waals surface area contributed by atoms with E-state index in [0.29, 0.717) is 0 Å². The standard InChI is InChI=1S/C20H25NO2/c1-3-10-19(20(22)23-2)21(15-17-11-6-4-7-12-17)16-18-13-8-5-9-14-18/h4-9,11-14,19H,3,10,15-16H2,1-2H3. The Morgan fingerprint density at radius 2 is 1.43 bits per heavy atom. The van der Waals surface area contributed by atoms with E-state index >= 15 is 0 Å². The number of benzene rings is 2. The maximum absolute atomic E-state index is 12.3. The first-order valence-corrected chi connectivity index (χ1v) is 8.14. The van der Waals surface area contributed by atoms with Gasteiger partial charge in [0.05, 0.1) is 7.11 Å². The van der Waals surface area contributed by atoms with Gasteiger partial charge in [0.1, 0.15) is 6.04 Å². The highest BCUT2D eigenvalue weighted by Gasteiger charge is 2.26. The Balaban J connectivity index is 2.23. The average Bonchev–Trinajstić information content (AvgIpc) is 2.60. The van der Waals surface area contributed by atoms with Gasteiger partial charge in [0, 0.05) is 13.1 Å². The van der Waals surface area contributed by atoms with Crippen molar-refractivity contribution in [1.82, 2.24) is 4.90 Å². The molecule has 0 aromatic heterocycles. The van der Waals surface area contributed by atoms with Gasteiger partial charge in [0.25, 0.3) is 0 Å². The van der Waals surface area contributed by atoms with E-state index in [9.17, 15) is 4.79 Å². The van der Waals surface area contributed by atoms with E-state index in [0.717, 1.165) is 25.9 Å². The van der Waals surface area contributed by atoms with Crippen LogP contribution in [0.3, 0.4) is 0 Å². The van der Waals surface area contributed by atoms with Gasteiger partial charge in [-0.3, -0.25) is 9.69 Å². The molecule has 23 heavy (non-hydrogen) atoms. The molecule has 0 N–H and O–H groups in total. The minimum atomic E-state index is -0.217. The van der Waals surface area contributed by atoms with Crippen molar-refractivity contribution in [2.24, 2.45) is 0 Å². The van der Waals surface area contributed by atoms with Gasteiger partial charge in [-0.2, -0.15) is 0 Å². The Bertz CT molecular complexity index is 542. The second kappa shape index (κ2) is 9.11. The van der Waals surface area contributed by atoms with Crippen LogP contribution >= 0.6 is 0 Å². The molecular weight excluding hydrogens is 286 g/mol. The molecule has 122 valence electrons. The minimum absolute atomic E-state index is 0.154. The van der Waals surface area contributed by atoms with E-state index in [2.05, 4.69) is 36.1 Å². The van der Waals surface area contributed by atoms with Crippen LogP contribution in [0.25, 0.3) is 0 Å². The van der Waals surface area contributed by atoms with Crippen molar-refractivity contribution < 1.29 is 9.53 Å². The molecule has 0 aliphatic rings. The van der Waals surface area contributed by atoms with E-state index in [1.54, 1.807) is 0 Å². The normalized spacial score (nSPS) is 12.1. The molecule has 0 bridgehead atoms. The molecule has 0 saturated heterocycles. The quantitative estimate of drug-likeness (QED) is 0.689. The minimum Gasteiger partial charge on any atom is -0.468 e. The van der Waals surface area contributed by atoms with Crippen molar-refractivity contribution in [2.45, 2.75) is 38.9 Å². The third kappa shape index (κ3) is 5.22. The van der Waals surface area contributed by atoms with Crippen molar-refractivity contribution >= 4 is 5.97 Å². The molecule has 0 heterocycles. The predicted octanol–water partition coefficient (Wildman–Crippen LogP) is 4.03. The zero-order valence-corrected chi connectivity index (χ0v) is 13.9. The van der Waals surface area contributed by atoms with Crippen LogP contribution in [0.2, 0.25) is 0 Å². The van der Waals surface area contributed by atoms with Gasteiger partial charge in [0.15, 0.2) is 0 Å². The summed E-state index contributed by atoms with van der Waals surface area (Å²) in [6.45, 7) is 3.56. The van der Waals surface area contributed by atoms with E-state index in [1.807, 2.05) is 36.4 Å². The van der Waals surface area contributed by atoms with Crippen LogP contribution in [0.1, 0.15) is 30.9 Å². The Morgan fingerprint density at radius 1 is 0.957 bits per heavy atom. The molecule has 0 amide bonds. The van der Waals surface area contributed by atoms with Crippen LogP contribution in [0.5, 0.6) is 0 Å². The van der Waals surface area contributed by atoms with E-state index in [-0.39, 0.29) is 12.0 Å². The third-order valence-electron chi connectivity index (χ3n) is 3.93. The lowest BCUT2D eigenvalue weighted by Gasteiger charge is -2.30. The van der Waals surface area contributed by atoms with Crippen LogP contribution in [0.15, 0.2) is 60.7 Å². The monoisotopic (exact) mass is 311 g/mol. The van der Waals surface area contributed by atoms with Crippen LogP contribution in [-0.4, -0.2) is 24.0 Å². The summed E-state index contributed by atoms with van der Waals surface area (Å²) in [4.78, 5) is 14.5. The zero-order valence-electron chi connectivity index (χ0n) is 13.9. The highest BCUT2D eigenvalue weighted by atomic mass is 16.5. The van der Waals surface area contributed by atoms with Gasteiger partial charge in [-0.05, 0) is 17.5 Å². The Labute approximate surface area is 138 Å². The summed E-state index contributed by atoms with van der Waals surface area (Å²) in [5, 5.41) is 0. The van der Waals surface area contributed by atoms with Crippen molar-refractivity contribution in [3.8, 4) is 0 Å². The number of hydrogen-bond acceptors (Lipinski definition) is 3. The highest BCUT2D eigenvalue weighted by molar-refractivity contribution is 5.75. The number of carbonyl (C=O) groups is 1. The van der Waals surface area contributed by atoms with E-state index in [4.69, 9.17) is 4.74 Å². The van der Waals surface area contributed by atoms with Gasteiger partial charge in [0.2, 0.25) is 0 Å². The topological polar surface area (TPSA) is 29.5 Å². The average molecular weight is 311 g/mol. The summed E-state index contributed by atoms with van der Waals surface area (Å²) < 4.78 is 5.04.